The van der Waals surface area contributed by atoms with Gasteiger partial charge in [0.25, 0.3) is 5.91 Å². The summed E-state index contributed by atoms with van der Waals surface area (Å²) in [6, 6.07) is 7.88. The number of aromatic amines is 1. The molecule has 1 aromatic heterocycles. The van der Waals surface area contributed by atoms with E-state index >= 15 is 0 Å². The molecule has 1 aromatic carbocycles. The van der Waals surface area contributed by atoms with E-state index in [4.69, 9.17) is 0 Å². The molecule has 2 amide bonds. The second-order valence-electron chi connectivity index (χ2n) is 7.58. The highest BCUT2D eigenvalue weighted by atomic mass is 16.2. The Balaban J connectivity index is 1.30. The number of nitrogens with zero attached hydrogens (tertiary/aromatic N) is 3. The number of carbonyl (C=O) groups is 2. The van der Waals surface area contributed by atoms with E-state index in [-0.39, 0.29) is 11.8 Å². The first-order valence-electron chi connectivity index (χ1n) is 10.3. The molecule has 1 saturated heterocycles. The minimum atomic E-state index is -0.0211. The van der Waals surface area contributed by atoms with Crippen LogP contribution in [0.4, 0.5) is 5.69 Å². The van der Waals surface area contributed by atoms with Gasteiger partial charge in [-0.2, -0.15) is 5.10 Å². The molecular formula is C21H28N6O2. The Labute approximate surface area is 170 Å². The maximum absolute atomic E-state index is 12.9. The molecule has 154 valence electrons. The smallest absolute Gasteiger partial charge is 0.274 e. The topological polar surface area (TPSA) is 93.4 Å². The van der Waals surface area contributed by atoms with Crippen LogP contribution in [0.1, 0.15) is 34.2 Å². The highest BCUT2D eigenvalue weighted by Crippen LogP contribution is 2.18. The zero-order valence-corrected chi connectivity index (χ0v) is 16.8. The van der Waals surface area contributed by atoms with Crippen molar-refractivity contribution in [3.63, 3.8) is 0 Å². The Morgan fingerprint density at radius 1 is 1.17 bits per heavy atom. The zero-order valence-electron chi connectivity index (χ0n) is 16.8. The molecule has 0 radical (unpaired) electrons. The van der Waals surface area contributed by atoms with Crippen molar-refractivity contribution in [2.45, 2.75) is 26.3 Å². The number of fused-ring (bicyclic) bond motifs is 1. The Morgan fingerprint density at radius 2 is 1.97 bits per heavy atom. The first-order chi connectivity index (χ1) is 14.2. The monoisotopic (exact) mass is 396 g/mol. The molecule has 0 saturated carbocycles. The molecule has 0 atom stereocenters. The molecular weight excluding hydrogens is 368 g/mol. The van der Waals surface area contributed by atoms with Crippen molar-refractivity contribution in [2.24, 2.45) is 0 Å². The average molecular weight is 396 g/mol. The van der Waals surface area contributed by atoms with E-state index in [1.54, 1.807) is 0 Å². The quantitative estimate of drug-likeness (QED) is 0.702. The molecule has 2 aliphatic rings. The number of H-pyrrole nitrogens is 1. The largest absolute Gasteiger partial charge is 0.335 e. The number of hydrogen-bond acceptors (Lipinski definition) is 5. The molecule has 4 rings (SSSR count). The van der Waals surface area contributed by atoms with Crippen LogP contribution in [-0.4, -0.2) is 71.1 Å². The van der Waals surface area contributed by atoms with Gasteiger partial charge in [-0.05, 0) is 18.1 Å². The number of aryl methyl sites for hydroxylation is 1. The van der Waals surface area contributed by atoms with Crippen molar-refractivity contribution in [3.8, 4) is 0 Å². The molecule has 2 aliphatic heterocycles. The molecule has 0 bridgehead atoms. The van der Waals surface area contributed by atoms with Crippen LogP contribution in [0.2, 0.25) is 0 Å². The summed E-state index contributed by atoms with van der Waals surface area (Å²) >= 11 is 0. The summed E-state index contributed by atoms with van der Waals surface area (Å²) in [5.74, 6) is -0.0368. The van der Waals surface area contributed by atoms with Crippen molar-refractivity contribution in [3.05, 3.63) is 46.8 Å². The Morgan fingerprint density at radius 3 is 2.76 bits per heavy atom. The van der Waals surface area contributed by atoms with E-state index in [0.717, 1.165) is 41.9 Å². The summed E-state index contributed by atoms with van der Waals surface area (Å²) in [4.78, 5) is 29.3. The van der Waals surface area contributed by atoms with Crippen molar-refractivity contribution in [1.29, 1.82) is 0 Å². The second-order valence-corrected chi connectivity index (χ2v) is 7.58. The van der Waals surface area contributed by atoms with Crippen LogP contribution in [0.15, 0.2) is 24.3 Å². The zero-order chi connectivity index (χ0) is 20.2. The predicted octanol–water partition coefficient (Wildman–Crippen LogP) is 1.01. The SMILES string of the molecule is CCc1ccccc1NC(=O)CN1CCN(C(=O)c2n[nH]c3c2CNCC3)CC1. The van der Waals surface area contributed by atoms with Gasteiger partial charge in [0.05, 0.1) is 6.54 Å². The minimum absolute atomic E-state index is 0.0156. The van der Waals surface area contributed by atoms with Gasteiger partial charge in [0.2, 0.25) is 5.91 Å². The molecule has 2 aromatic rings. The molecule has 8 heteroatoms. The van der Waals surface area contributed by atoms with Gasteiger partial charge in [-0.1, -0.05) is 25.1 Å². The van der Waals surface area contributed by atoms with E-state index in [2.05, 4.69) is 32.7 Å². The number of aromatic nitrogens is 2. The lowest BCUT2D eigenvalue weighted by molar-refractivity contribution is -0.117. The molecule has 3 N–H and O–H groups in total. The third-order valence-corrected chi connectivity index (χ3v) is 5.71. The van der Waals surface area contributed by atoms with Gasteiger partial charge >= 0.3 is 0 Å². The van der Waals surface area contributed by atoms with Crippen molar-refractivity contribution >= 4 is 17.5 Å². The summed E-state index contributed by atoms with van der Waals surface area (Å²) in [7, 11) is 0. The predicted molar refractivity (Wildman–Crippen MR) is 111 cm³/mol. The fourth-order valence-corrected chi connectivity index (χ4v) is 4.00. The van der Waals surface area contributed by atoms with Gasteiger partial charge in [0.1, 0.15) is 0 Å². The van der Waals surface area contributed by atoms with Gasteiger partial charge in [-0.3, -0.25) is 19.6 Å². The van der Waals surface area contributed by atoms with Gasteiger partial charge in [0, 0.05) is 62.6 Å². The summed E-state index contributed by atoms with van der Waals surface area (Å²) in [6.07, 6.45) is 1.75. The number of piperazine rings is 1. The van der Waals surface area contributed by atoms with Gasteiger partial charge in [0.15, 0.2) is 5.69 Å². The third kappa shape index (κ3) is 4.33. The number of anilines is 1. The van der Waals surface area contributed by atoms with Crippen LogP contribution >= 0.6 is 0 Å². The number of amides is 2. The van der Waals surface area contributed by atoms with E-state index in [9.17, 15) is 9.59 Å². The number of hydrogen-bond donors (Lipinski definition) is 3. The van der Waals surface area contributed by atoms with Gasteiger partial charge < -0.3 is 15.5 Å². The van der Waals surface area contributed by atoms with Crippen LogP contribution in [0.5, 0.6) is 0 Å². The number of rotatable bonds is 5. The summed E-state index contributed by atoms with van der Waals surface area (Å²) in [5, 5.41) is 13.6. The van der Waals surface area contributed by atoms with Crippen LogP contribution in [-0.2, 0) is 24.2 Å². The highest BCUT2D eigenvalue weighted by molar-refractivity contribution is 5.94. The minimum Gasteiger partial charge on any atom is -0.335 e. The van der Waals surface area contributed by atoms with Crippen molar-refractivity contribution in [2.75, 3.05) is 44.6 Å². The first-order valence-corrected chi connectivity index (χ1v) is 10.3. The average Bonchev–Trinajstić information content (AvgIpc) is 3.18. The maximum atomic E-state index is 12.9. The third-order valence-electron chi connectivity index (χ3n) is 5.71. The van der Waals surface area contributed by atoms with Gasteiger partial charge in [-0.25, -0.2) is 0 Å². The standard InChI is InChI=1S/C21H28N6O2/c1-2-15-5-3-4-6-17(15)23-19(28)14-26-9-11-27(12-10-26)21(29)20-16-13-22-8-7-18(16)24-25-20/h3-6,22H,2,7-14H2,1H3,(H,23,28)(H,24,25). The summed E-state index contributed by atoms with van der Waals surface area (Å²) in [6.45, 7) is 6.58. The Bertz CT molecular complexity index is 885. The lowest BCUT2D eigenvalue weighted by Gasteiger charge is -2.34. The molecule has 0 unspecified atom stereocenters. The van der Waals surface area contributed by atoms with Crippen LogP contribution in [0.25, 0.3) is 0 Å². The van der Waals surface area contributed by atoms with Crippen molar-refractivity contribution in [1.82, 2.24) is 25.3 Å². The lowest BCUT2D eigenvalue weighted by atomic mass is 10.1. The first kappa shape index (κ1) is 19.6. The second kappa shape index (κ2) is 8.75. The number of nitrogens with one attached hydrogen (secondary N) is 3. The summed E-state index contributed by atoms with van der Waals surface area (Å²) in [5.41, 5.74) is 4.61. The maximum Gasteiger partial charge on any atom is 0.274 e. The van der Waals surface area contributed by atoms with E-state index in [1.807, 2.05) is 29.2 Å². The number of carbonyl (C=O) groups excluding carboxylic acids is 2. The fraction of sp³-hybridized carbons (Fsp3) is 0.476. The Hall–Kier alpha value is -2.71. The molecule has 3 heterocycles. The molecule has 0 aliphatic carbocycles. The van der Waals surface area contributed by atoms with E-state index in [1.165, 1.54) is 0 Å². The molecule has 8 nitrogen and oxygen atoms in total. The van der Waals surface area contributed by atoms with E-state index < -0.39 is 0 Å². The van der Waals surface area contributed by atoms with Crippen LogP contribution in [0.3, 0.4) is 0 Å². The lowest BCUT2D eigenvalue weighted by Crippen LogP contribution is -2.50. The fourth-order valence-electron chi connectivity index (χ4n) is 4.00. The molecule has 1 fully saturated rings. The molecule has 29 heavy (non-hydrogen) atoms. The highest BCUT2D eigenvalue weighted by Gasteiger charge is 2.28. The molecule has 0 spiro atoms. The number of para-hydroxylation sites is 1. The normalized spacial score (nSPS) is 17.1. The van der Waals surface area contributed by atoms with Crippen LogP contribution < -0.4 is 10.6 Å². The Kier molecular flexibility index (Phi) is 5.92. The number of benzene rings is 1. The van der Waals surface area contributed by atoms with Gasteiger partial charge in [-0.15, -0.1) is 0 Å². The summed E-state index contributed by atoms with van der Waals surface area (Å²) < 4.78 is 0. The van der Waals surface area contributed by atoms with Crippen molar-refractivity contribution < 1.29 is 9.59 Å². The van der Waals surface area contributed by atoms with Crippen LogP contribution in [0, 0.1) is 0 Å². The van der Waals surface area contributed by atoms with E-state index in [0.29, 0.717) is 45.0 Å².